The Balaban J connectivity index is 1.92. The van der Waals surface area contributed by atoms with Gasteiger partial charge < -0.3 is 9.80 Å². The molecule has 0 aliphatic carbocycles. The maximum absolute atomic E-state index is 13.3. The summed E-state index contributed by atoms with van der Waals surface area (Å²) in [6, 6.07) is 7.90. The molecular formula is C34H56N3O4+. The first-order valence-electron chi connectivity index (χ1n) is 16.3. The standard InChI is InChI=1S/C34H55N3O4/c1-4-6-8-10-12-14-19-25-37(3,26-20-15-13-11-9-7-5-2)28-32(39)35-30-23-24-33(40)36(34(30)41)27-31(38)29-21-17-16-18-22-29/h16-18,21-22,30H,4-15,19-20,23-28H2,1-3H3/p+1. The summed E-state index contributed by atoms with van der Waals surface area (Å²) in [6.07, 6.45) is 17.7. The fourth-order valence-electron chi connectivity index (χ4n) is 5.75. The van der Waals surface area contributed by atoms with Crippen molar-refractivity contribution in [1.82, 2.24) is 10.2 Å². The lowest BCUT2D eigenvalue weighted by atomic mass is 10.0. The molecule has 2 rings (SSSR count). The highest BCUT2D eigenvalue weighted by atomic mass is 16.2. The molecule has 0 radical (unpaired) electrons. The van der Waals surface area contributed by atoms with Crippen molar-refractivity contribution in [2.45, 2.75) is 123 Å². The van der Waals surface area contributed by atoms with E-state index in [-0.39, 0.29) is 37.0 Å². The maximum Gasteiger partial charge on any atom is 0.275 e. The summed E-state index contributed by atoms with van der Waals surface area (Å²) < 4.78 is 0.672. The van der Waals surface area contributed by atoms with Crippen LogP contribution in [0.3, 0.4) is 0 Å². The van der Waals surface area contributed by atoms with E-state index in [0.717, 1.165) is 30.8 Å². The number of rotatable bonds is 22. The first kappa shape index (κ1) is 34.7. The Kier molecular flexibility index (Phi) is 16.5. The van der Waals surface area contributed by atoms with E-state index in [9.17, 15) is 19.2 Å². The van der Waals surface area contributed by atoms with Gasteiger partial charge in [0.05, 0.1) is 26.7 Å². The third-order valence-electron chi connectivity index (χ3n) is 8.37. The second-order valence-corrected chi connectivity index (χ2v) is 12.2. The fraction of sp³-hybridized carbons (Fsp3) is 0.706. The van der Waals surface area contributed by atoms with E-state index in [4.69, 9.17) is 0 Å². The van der Waals surface area contributed by atoms with Gasteiger partial charge in [0.25, 0.3) is 11.8 Å². The molecule has 1 atom stereocenters. The van der Waals surface area contributed by atoms with Crippen molar-refractivity contribution in [1.29, 1.82) is 0 Å². The molecule has 1 aliphatic heterocycles. The molecule has 1 saturated heterocycles. The Morgan fingerprint density at radius 3 is 1.85 bits per heavy atom. The van der Waals surface area contributed by atoms with Crippen molar-refractivity contribution in [3.8, 4) is 0 Å². The molecule has 1 aromatic rings. The number of carbonyl (C=O) groups is 4. The number of imide groups is 1. The van der Waals surface area contributed by atoms with Crippen LogP contribution in [-0.4, -0.2) is 72.2 Å². The number of likely N-dealkylation sites (tertiary alicyclic amines) is 1. The van der Waals surface area contributed by atoms with Gasteiger partial charge in [-0.15, -0.1) is 0 Å². The van der Waals surface area contributed by atoms with E-state index in [1.807, 2.05) is 6.07 Å². The number of nitrogens with one attached hydrogen (secondary N) is 1. The Labute approximate surface area is 249 Å². The smallest absolute Gasteiger partial charge is 0.275 e. The van der Waals surface area contributed by atoms with E-state index < -0.39 is 11.9 Å². The van der Waals surface area contributed by atoms with Gasteiger partial charge in [-0.25, -0.2) is 0 Å². The van der Waals surface area contributed by atoms with Gasteiger partial charge in [-0.3, -0.25) is 24.1 Å². The van der Waals surface area contributed by atoms with Gasteiger partial charge in [0.1, 0.15) is 6.04 Å². The number of benzene rings is 1. The molecule has 41 heavy (non-hydrogen) atoms. The first-order chi connectivity index (χ1) is 19.8. The van der Waals surface area contributed by atoms with Gasteiger partial charge in [0.15, 0.2) is 12.3 Å². The molecule has 1 unspecified atom stereocenters. The fourth-order valence-corrected chi connectivity index (χ4v) is 5.75. The van der Waals surface area contributed by atoms with Crippen LogP contribution in [0.5, 0.6) is 0 Å². The highest BCUT2D eigenvalue weighted by Crippen LogP contribution is 2.17. The zero-order valence-electron chi connectivity index (χ0n) is 26.1. The average molecular weight is 571 g/mol. The first-order valence-corrected chi connectivity index (χ1v) is 16.3. The van der Waals surface area contributed by atoms with Crippen molar-refractivity contribution >= 4 is 23.5 Å². The molecule has 0 saturated carbocycles. The molecule has 0 spiro atoms. The third kappa shape index (κ3) is 13.3. The molecule has 3 amide bonds. The Hall–Kier alpha value is -2.54. The molecule has 1 aliphatic rings. The number of unbranched alkanes of at least 4 members (excludes halogenated alkanes) is 12. The van der Waals surface area contributed by atoms with Gasteiger partial charge in [-0.1, -0.05) is 108 Å². The van der Waals surface area contributed by atoms with Crippen LogP contribution in [0.25, 0.3) is 0 Å². The minimum absolute atomic E-state index is 0.140. The average Bonchev–Trinajstić information content (AvgIpc) is 2.96. The van der Waals surface area contributed by atoms with Crippen molar-refractivity contribution in [2.75, 3.05) is 33.2 Å². The Morgan fingerprint density at radius 2 is 1.32 bits per heavy atom. The molecule has 7 nitrogen and oxygen atoms in total. The third-order valence-corrected chi connectivity index (χ3v) is 8.37. The lowest BCUT2D eigenvalue weighted by Crippen LogP contribution is -2.58. The van der Waals surface area contributed by atoms with Crippen LogP contribution in [0.15, 0.2) is 30.3 Å². The molecule has 1 fully saturated rings. The van der Waals surface area contributed by atoms with E-state index >= 15 is 0 Å². The number of likely N-dealkylation sites (N-methyl/N-ethyl adjacent to an activating group) is 1. The van der Waals surface area contributed by atoms with Crippen molar-refractivity contribution in [2.24, 2.45) is 0 Å². The Morgan fingerprint density at radius 1 is 0.805 bits per heavy atom. The number of ketones is 1. The highest BCUT2D eigenvalue weighted by molar-refractivity contribution is 6.07. The monoisotopic (exact) mass is 570 g/mol. The van der Waals surface area contributed by atoms with E-state index in [0.29, 0.717) is 16.6 Å². The molecule has 1 heterocycles. The predicted molar refractivity (Wildman–Crippen MR) is 165 cm³/mol. The molecular weight excluding hydrogens is 514 g/mol. The van der Waals surface area contributed by atoms with Crippen LogP contribution in [0.4, 0.5) is 0 Å². The number of hydrogen-bond donors (Lipinski definition) is 1. The zero-order chi connectivity index (χ0) is 29.9. The van der Waals surface area contributed by atoms with Gasteiger partial charge in [0, 0.05) is 12.0 Å². The van der Waals surface area contributed by atoms with Gasteiger partial charge >= 0.3 is 0 Å². The second kappa shape index (κ2) is 19.6. The SMILES string of the molecule is CCCCCCCCC[N+](C)(CCCCCCCCC)CC(=O)NC1CCC(=O)N(CC(=O)c2ccccc2)C1=O. The summed E-state index contributed by atoms with van der Waals surface area (Å²) in [4.78, 5) is 52.7. The summed E-state index contributed by atoms with van der Waals surface area (Å²) in [7, 11) is 2.17. The minimum atomic E-state index is -0.769. The minimum Gasteiger partial charge on any atom is -0.339 e. The molecule has 0 bridgehead atoms. The van der Waals surface area contributed by atoms with Crippen LogP contribution in [0, 0.1) is 0 Å². The number of quaternary nitrogens is 1. The van der Waals surface area contributed by atoms with E-state index in [1.165, 1.54) is 77.0 Å². The summed E-state index contributed by atoms with van der Waals surface area (Å²) >= 11 is 0. The van der Waals surface area contributed by atoms with Crippen LogP contribution >= 0.6 is 0 Å². The lowest BCUT2D eigenvalue weighted by molar-refractivity contribution is -0.902. The molecule has 7 heteroatoms. The topological polar surface area (TPSA) is 83.6 Å². The van der Waals surface area contributed by atoms with Crippen LogP contribution in [-0.2, 0) is 14.4 Å². The second-order valence-electron chi connectivity index (χ2n) is 12.2. The molecule has 0 aromatic heterocycles. The van der Waals surface area contributed by atoms with Crippen molar-refractivity contribution in [3.63, 3.8) is 0 Å². The van der Waals surface area contributed by atoms with Gasteiger partial charge in [-0.05, 0) is 32.1 Å². The summed E-state index contributed by atoms with van der Waals surface area (Å²) in [5, 5.41) is 2.93. The van der Waals surface area contributed by atoms with Crippen molar-refractivity contribution in [3.05, 3.63) is 35.9 Å². The highest BCUT2D eigenvalue weighted by Gasteiger charge is 2.37. The summed E-state index contributed by atoms with van der Waals surface area (Å²) in [5.41, 5.74) is 0.461. The maximum atomic E-state index is 13.3. The molecule has 230 valence electrons. The normalized spacial score (nSPS) is 15.8. The van der Waals surface area contributed by atoms with Crippen molar-refractivity contribution < 1.29 is 23.7 Å². The number of hydrogen-bond acceptors (Lipinski definition) is 4. The van der Waals surface area contributed by atoms with E-state index in [1.54, 1.807) is 24.3 Å². The van der Waals surface area contributed by atoms with Gasteiger partial charge in [-0.2, -0.15) is 0 Å². The summed E-state index contributed by atoms with van der Waals surface area (Å²) in [6.45, 7) is 6.40. The molecule has 1 aromatic carbocycles. The quantitative estimate of drug-likeness (QED) is 0.0752. The predicted octanol–water partition coefficient (Wildman–Crippen LogP) is 6.45. The number of carbonyl (C=O) groups excluding carboxylic acids is 4. The molecule has 1 N–H and O–H groups in total. The zero-order valence-corrected chi connectivity index (χ0v) is 26.1. The number of piperidine rings is 1. The lowest BCUT2D eigenvalue weighted by Gasteiger charge is -2.35. The Bertz CT molecular complexity index is 915. The number of Topliss-reactive ketones (excluding diaryl/α,β-unsaturated/α-hetero) is 1. The van der Waals surface area contributed by atoms with Crippen LogP contribution < -0.4 is 5.32 Å². The van der Waals surface area contributed by atoms with E-state index in [2.05, 4.69) is 26.2 Å². The number of nitrogens with zero attached hydrogens (tertiary/aromatic N) is 2. The summed E-state index contributed by atoms with van der Waals surface area (Å²) in [5.74, 6) is -1.27. The van der Waals surface area contributed by atoms with Gasteiger partial charge in [0.2, 0.25) is 5.91 Å². The largest absolute Gasteiger partial charge is 0.339 e. The van der Waals surface area contributed by atoms with Crippen LogP contribution in [0.2, 0.25) is 0 Å². The number of amides is 3. The van der Waals surface area contributed by atoms with Crippen LogP contribution in [0.1, 0.15) is 127 Å².